The topological polar surface area (TPSA) is 92.8 Å². The molecule has 1 aromatic carbocycles. The molecule has 2 N–H and O–H groups in total. The molecular weight excluding hydrogens is 416 g/mol. The van der Waals surface area contributed by atoms with Gasteiger partial charge in [0, 0.05) is 36.8 Å². The Morgan fingerprint density at radius 3 is 2.68 bits per heavy atom. The highest BCUT2D eigenvalue weighted by molar-refractivity contribution is 7.14. The average Bonchev–Trinajstić information content (AvgIpc) is 3.20. The minimum atomic E-state index is -0.631. The van der Waals surface area contributed by atoms with Gasteiger partial charge in [-0.2, -0.15) is 0 Å². The fourth-order valence-electron chi connectivity index (χ4n) is 3.31. The van der Waals surface area contributed by atoms with Crippen LogP contribution in [0.15, 0.2) is 29.6 Å². The van der Waals surface area contributed by atoms with Gasteiger partial charge >= 0.3 is 6.09 Å². The second kappa shape index (κ2) is 10.1. The number of piperidine rings is 1. The fourth-order valence-corrected chi connectivity index (χ4v) is 4.04. The third kappa shape index (κ3) is 6.93. The summed E-state index contributed by atoms with van der Waals surface area (Å²) in [5.41, 5.74) is 2.34. The number of carbonyl (C=O) groups excluding carboxylic acids is 2. The minimum Gasteiger partial charge on any atom is -0.444 e. The van der Waals surface area contributed by atoms with Gasteiger partial charge in [-0.05, 0) is 45.7 Å². The maximum atomic E-state index is 12.1. The number of rotatable bonds is 6. The van der Waals surface area contributed by atoms with E-state index in [1.165, 1.54) is 11.3 Å². The number of thiazole rings is 1. The van der Waals surface area contributed by atoms with Gasteiger partial charge in [-0.3, -0.25) is 4.79 Å². The molecular formula is C22H30N4O4S. The average molecular weight is 447 g/mol. The van der Waals surface area contributed by atoms with E-state index in [0.29, 0.717) is 11.2 Å². The van der Waals surface area contributed by atoms with Crippen LogP contribution in [-0.2, 0) is 14.3 Å². The number of amides is 2. The molecule has 8 nitrogen and oxygen atoms in total. The molecule has 1 aliphatic heterocycles. The van der Waals surface area contributed by atoms with E-state index in [4.69, 9.17) is 9.47 Å². The molecule has 1 fully saturated rings. The van der Waals surface area contributed by atoms with Crippen LogP contribution in [0.1, 0.15) is 33.6 Å². The number of nitrogens with zero attached hydrogens (tertiary/aromatic N) is 2. The minimum absolute atomic E-state index is 0.184. The smallest absolute Gasteiger partial charge is 0.408 e. The van der Waals surface area contributed by atoms with E-state index >= 15 is 0 Å². The van der Waals surface area contributed by atoms with Crippen molar-refractivity contribution >= 4 is 34.2 Å². The van der Waals surface area contributed by atoms with Gasteiger partial charge in [0.05, 0.1) is 11.8 Å². The van der Waals surface area contributed by atoms with Crippen molar-refractivity contribution in [3.63, 3.8) is 0 Å². The molecule has 1 aliphatic rings. The summed E-state index contributed by atoms with van der Waals surface area (Å²) in [6.07, 6.45) is 1.75. The number of nitrogens with one attached hydrogen (secondary N) is 2. The lowest BCUT2D eigenvalue weighted by Crippen LogP contribution is -2.37. The monoisotopic (exact) mass is 446 g/mol. The van der Waals surface area contributed by atoms with Gasteiger partial charge in [0.15, 0.2) is 5.13 Å². The van der Waals surface area contributed by atoms with Gasteiger partial charge in [-0.1, -0.05) is 12.1 Å². The number of alkyl carbamates (subject to hydrolysis) is 1. The van der Waals surface area contributed by atoms with Crippen molar-refractivity contribution in [2.75, 3.05) is 37.0 Å². The lowest BCUT2D eigenvalue weighted by molar-refractivity contribution is -0.115. The molecule has 0 unspecified atom stereocenters. The van der Waals surface area contributed by atoms with E-state index in [9.17, 15) is 9.59 Å². The lowest BCUT2D eigenvalue weighted by atomic mass is 10.1. The summed E-state index contributed by atoms with van der Waals surface area (Å²) in [4.78, 5) is 30.7. The van der Waals surface area contributed by atoms with Crippen LogP contribution in [0.2, 0.25) is 0 Å². The van der Waals surface area contributed by atoms with Crippen molar-refractivity contribution in [2.45, 2.75) is 45.3 Å². The van der Waals surface area contributed by atoms with Gasteiger partial charge in [0.1, 0.15) is 12.1 Å². The van der Waals surface area contributed by atoms with E-state index < -0.39 is 11.7 Å². The molecule has 0 saturated carbocycles. The Labute approximate surface area is 186 Å². The second-order valence-corrected chi connectivity index (χ2v) is 9.27. The Kier molecular flexibility index (Phi) is 7.50. The number of hydrogen-bond donors (Lipinski definition) is 2. The first-order valence-electron chi connectivity index (χ1n) is 10.3. The number of anilines is 2. The molecule has 168 valence electrons. The largest absolute Gasteiger partial charge is 0.444 e. The molecule has 3 rings (SSSR count). The van der Waals surface area contributed by atoms with E-state index in [1.54, 1.807) is 27.9 Å². The van der Waals surface area contributed by atoms with Crippen LogP contribution in [0.25, 0.3) is 11.3 Å². The van der Waals surface area contributed by atoms with Crippen molar-refractivity contribution in [2.24, 2.45) is 0 Å². The van der Waals surface area contributed by atoms with Gasteiger partial charge in [-0.25, -0.2) is 9.78 Å². The standard InChI is InChI=1S/C22H30N4O4S/c1-22(2,3)30-21(28)23-13-19(27)25-20-24-18(14-31-20)15-6-5-7-16(12-15)26-10-8-17(29-4)9-11-26/h5-7,12,14,17H,8-11,13H2,1-4H3,(H,23,28)(H,24,25,27). The number of ether oxygens (including phenoxy) is 2. The highest BCUT2D eigenvalue weighted by atomic mass is 32.1. The first-order valence-corrected chi connectivity index (χ1v) is 11.2. The number of benzene rings is 1. The van der Waals surface area contributed by atoms with Crippen LogP contribution < -0.4 is 15.5 Å². The van der Waals surface area contributed by atoms with Gasteiger partial charge in [-0.15, -0.1) is 11.3 Å². The number of aromatic nitrogens is 1. The Bertz CT molecular complexity index is 901. The molecule has 2 heterocycles. The van der Waals surface area contributed by atoms with Crippen LogP contribution in [0.3, 0.4) is 0 Å². The van der Waals surface area contributed by atoms with Crippen molar-refractivity contribution < 1.29 is 19.1 Å². The molecule has 0 atom stereocenters. The van der Waals surface area contributed by atoms with E-state index in [1.807, 2.05) is 17.5 Å². The van der Waals surface area contributed by atoms with E-state index in [0.717, 1.165) is 42.9 Å². The SMILES string of the molecule is COC1CCN(c2cccc(-c3csc(NC(=O)CNC(=O)OC(C)(C)C)n3)c2)CC1. The maximum absolute atomic E-state index is 12.1. The number of carbonyl (C=O) groups is 2. The third-order valence-corrected chi connectivity index (χ3v) is 5.58. The van der Waals surface area contributed by atoms with Crippen LogP contribution in [0, 0.1) is 0 Å². The van der Waals surface area contributed by atoms with Crippen molar-refractivity contribution in [1.82, 2.24) is 10.3 Å². The zero-order valence-corrected chi connectivity index (χ0v) is 19.3. The van der Waals surface area contributed by atoms with Gasteiger partial charge < -0.3 is 25.0 Å². The van der Waals surface area contributed by atoms with Crippen LogP contribution in [-0.4, -0.2) is 55.4 Å². The van der Waals surface area contributed by atoms with Crippen molar-refractivity contribution in [1.29, 1.82) is 0 Å². The molecule has 0 bridgehead atoms. The Morgan fingerprint density at radius 1 is 1.26 bits per heavy atom. The summed E-state index contributed by atoms with van der Waals surface area (Å²) in [5.74, 6) is -0.360. The van der Waals surface area contributed by atoms with Crippen LogP contribution >= 0.6 is 11.3 Å². The maximum Gasteiger partial charge on any atom is 0.408 e. The quantitative estimate of drug-likeness (QED) is 0.699. The van der Waals surface area contributed by atoms with E-state index in [2.05, 4.69) is 32.7 Å². The Morgan fingerprint density at radius 2 is 2.00 bits per heavy atom. The number of methoxy groups -OCH3 is 1. The number of hydrogen-bond acceptors (Lipinski definition) is 7. The predicted octanol–water partition coefficient (Wildman–Crippen LogP) is 3.89. The molecule has 1 aromatic heterocycles. The molecule has 31 heavy (non-hydrogen) atoms. The lowest BCUT2D eigenvalue weighted by Gasteiger charge is -2.33. The molecule has 2 amide bonds. The molecule has 1 saturated heterocycles. The van der Waals surface area contributed by atoms with Crippen LogP contribution in [0.5, 0.6) is 0 Å². The van der Waals surface area contributed by atoms with Crippen molar-refractivity contribution in [3.05, 3.63) is 29.6 Å². The Hall–Kier alpha value is -2.65. The van der Waals surface area contributed by atoms with E-state index in [-0.39, 0.29) is 12.5 Å². The summed E-state index contributed by atoms with van der Waals surface area (Å²) >= 11 is 1.34. The normalized spacial score (nSPS) is 14.9. The first kappa shape index (κ1) is 23.0. The molecule has 0 spiro atoms. The summed E-state index contributed by atoms with van der Waals surface area (Å²) in [5, 5.41) is 7.54. The summed E-state index contributed by atoms with van der Waals surface area (Å²) in [7, 11) is 1.77. The predicted molar refractivity (Wildman–Crippen MR) is 123 cm³/mol. The van der Waals surface area contributed by atoms with Crippen LogP contribution in [0.4, 0.5) is 15.6 Å². The zero-order valence-electron chi connectivity index (χ0n) is 18.4. The third-order valence-electron chi connectivity index (χ3n) is 4.83. The second-order valence-electron chi connectivity index (χ2n) is 8.41. The van der Waals surface area contributed by atoms with Gasteiger partial charge in [0.2, 0.25) is 5.91 Å². The van der Waals surface area contributed by atoms with Crippen molar-refractivity contribution in [3.8, 4) is 11.3 Å². The molecule has 9 heteroatoms. The zero-order chi connectivity index (χ0) is 22.4. The van der Waals surface area contributed by atoms with Gasteiger partial charge in [0.25, 0.3) is 0 Å². The highest BCUT2D eigenvalue weighted by Crippen LogP contribution is 2.29. The summed E-state index contributed by atoms with van der Waals surface area (Å²) < 4.78 is 10.6. The first-order chi connectivity index (χ1) is 14.7. The molecule has 2 aromatic rings. The molecule has 0 aliphatic carbocycles. The Balaban J connectivity index is 1.56. The summed E-state index contributed by atoms with van der Waals surface area (Å²) in [6, 6.07) is 8.26. The summed E-state index contributed by atoms with van der Waals surface area (Å²) in [6.45, 7) is 7.04. The fraction of sp³-hybridized carbons (Fsp3) is 0.500. The highest BCUT2D eigenvalue weighted by Gasteiger charge is 2.20. The molecule has 0 radical (unpaired) electrons.